The highest BCUT2D eigenvalue weighted by Gasteiger charge is 2.51. The number of hydrogen-bond acceptors (Lipinski definition) is 4. The number of carbonyl (C=O) groups excluding carboxylic acids is 1. The summed E-state index contributed by atoms with van der Waals surface area (Å²) < 4.78 is 10.8. The summed E-state index contributed by atoms with van der Waals surface area (Å²) in [5.41, 5.74) is 4.19. The molecule has 150 valence electrons. The summed E-state index contributed by atoms with van der Waals surface area (Å²) in [6.07, 6.45) is 1.65. The van der Waals surface area contributed by atoms with Crippen LogP contribution in [0.4, 0.5) is 5.69 Å². The van der Waals surface area contributed by atoms with E-state index in [0.29, 0.717) is 5.75 Å². The van der Waals surface area contributed by atoms with Crippen molar-refractivity contribution in [3.63, 3.8) is 0 Å². The largest absolute Gasteiger partial charge is 0.454 e. The summed E-state index contributed by atoms with van der Waals surface area (Å²) in [6.45, 7) is 0.246. The van der Waals surface area contributed by atoms with Gasteiger partial charge >= 0.3 is 0 Å². The fourth-order valence-corrected chi connectivity index (χ4v) is 3.81. The zero-order chi connectivity index (χ0) is 19.8. The van der Waals surface area contributed by atoms with E-state index in [2.05, 4.69) is 5.32 Å². The first-order valence-electron chi connectivity index (χ1n) is 9.70. The molecule has 3 aromatic carbocycles. The Hall–Kier alpha value is -3.31. The van der Waals surface area contributed by atoms with Crippen LogP contribution < -0.4 is 14.8 Å². The van der Waals surface area contributed by atoms with Gasteiger partial charge in [0.25, 0.3) is 0 Å². The fraction of sp³-hybridized carbons (Fsp3) is 0.208. The van der Waals surface area contributed by atoms with Crippen LogP contribution in [0.1, 0.15) is 26.8 Å². The molecule has 5 nitrogen and oxygen atoms in total. The van der Waals surface area contributed by atoms with Gasteiger partial charge < -0.3 is 19.9 Å². The van der Waals surface area contributed by atoms with Crippen molar-refractivity contribution < 1.29 is 22.2 Å². The maximum Gasteiger partial charge on any atom is 0.235 e. The van der Waals surface area contributed by atoms with E-state index < -0.39 is 5.41 Å². The van der Waals surface area contributed by atoms with E-state index in [9.17, 15) is 9.90 Å². The van der Waals surface area contributed by atoms with Gasteiger partial charge in [-0.2, -0.15) is 0 Å². The van der Waals surface area contributed by atoms with Gasteiger partial charge in [0.2, 0.25) is 12.7 Å². The molecule has 5 rings (SSSR count). The van der Waals surface area contributed by atoms with Crippen LogP contribution in [-0.4, -0.2) is 17.8 Å². The second-order valence-electron chi connectivity index (χ2n) is 7.54. The van der Waals surface area contributed by atoms with Gasteiger partial charge in [-0.1, -0.05) is 36.4 Å². The van der Waals surface area contributed by atoms with E-state index in [1.807, 2.05) is 66.7 Å². The zero-order valence-corrected chi connectivity index (χ0v) is 15.9. The first-order chi connectivity index (χ1) is 14.2. The summed E-state index contributed by atoms with van der Waals surface area (Å²) in [5.74, 6) is 1.44. The topological polar surface area (TPSA) is 67.8 Å². The standard InChI is InChI=1S/C24H21NO4.2H2/c26-14-16-2-1-3-18(12-16)17-4-7-20(8-5-17)25-23(27)24(10-11-24)19-6-9-21-22(13-19)29-15-28-21;;/h1-9,12-13,26H,10-11,14-15H2,(H,25,27);2*1H. The first kappa shape index (κ1) is 17.8. The van der Waals surface area contributed by atoms with E-state index in [-0.39, 0.29) is 22.2 Å². The summed E-state index contributed by atoms with van der Waals surface area (Å²) in [5, 5.41) is 12.4. The number of amides is 1. The molecule has 0 radical (unpaired) electrons. The van der Waals surface area contributed by atoms with Crippen molar-refractivity contribution in [1.29, 1.82) is 0 Å². The predicted molar refractivity (Wildman–Crippen MR) is 114 cm³/mol. The molecule has 0 atom stereocenters. The zero-order valence-electron chi connectivity index (χ0n) is 15.9. The molecule has 1 fully saturated rings. The minimum atomic E-state index is -0.491. The summed E-state index contributed by atoms with van der Waals surface area (Å²) in [6, 6.07) is 21.3. The SMILES string of the molecule is O=C(Nc1ccc(-c2cccc(CO)c2)cc1)C1(c2ccc3c(c2)OCO3)CC1.[HH].[HH]. The molecule has 1 aliphatic heterocycles. The van der Waals surface area contributed by atoms with Crippen LogP contribution in [0.15, 0.2) is 66.7 Å². The molecule has 5 heteroatoms. The molecular formula is C24H25NO4. The highest BCUT2D eigenvalue weighted by atomic mass is 16.7. The number of aliphatic hydroxyl groups excluding tert-OH is 1. The van der Waals surface area contributed by atoms with E-state index in [0.717, 1.165) is 46.5 Å². The molecule has 1 amide bonds. The Kier molecular flexibility index (Phi) is 4.25. The van der Waals surface area contributed by atoms with Gasteiger partial charge in [-0.3, -0.25) is 4.79 Å². The maximum atomic E-state index is 13.0. The van der Waals surface area contributed by atoms with Crippen LogP contribution in [0, 0.1) is 0 Å². The second kappa shape index (κ2) is 6.94. The Morgan fingerprint density at radius 2 is 1.76 bits per heavy atom. The molecule has 0 bridgehead atoms. The van der Waals surface area contributed by atoms with E-state index in [1.54, 1.807) is 0 Å². The lowest BCUT2D eigenvalue weighted by Gasteiger charge is -2.16. The average Bonchev–Trinajstić information content (AvgIpc) is 3.45. The molecule has 0 unspecified atom stereocenters. The first-order valence-corrected chi connectivity index (χ1v) is 9.70. The normalized spacial score (nSPS) is 15.8. The summed E-state index contributed by atoms with van der Waals surface area (Å²) in [7, 11) is 0. The molecular weight excluding hydrogens is 366 g/mol. The van der Waals surface area contributed by atoms with Crippen molar-refractivity contribution in [1.82, 2.24) is 0 Å². The number of carbonyl (C=O) groups is 1. The molecule has 1 saturated carbocycles. The van der Waals surface area contributed by atoms with Crippen LogP contribution in [-0.2, 0) is 16.8 Å². The van der Waals surface area contributed by atoms with Crippen LogP contribution in [0.2, 0.25) is 0 Å². The quantitative estimate of drug-likeness (QED) is 0.659. The molecule has 0 saturated heterocycles. The van der Waals surface area contributed by atoms with Crippen molar-refractivity contribution in [2.24, 2.45) is 0 Å². The van der Waals surface area contributed by atoms with Crippen molar-refractivity contribution in [2.45, 2.75) is 24.9 Å². The molecule has 29 heavy (non-hydrogen) atoms. The average molecular weight is 391 g/mol. The smallest absolute Gasteiger partial charge is 0.235 e. The lowest BCUT2D eigenvalue weighted by Crippen LogP contribution is -2.27. The van der Waals surface area contributed by atoms with E-state index in [4.69, 9.17) is 9.47 Å². The Morgan fingerprint density at radius 3 is 2.52 bits per heavy atom. The summed E-state index contributed by atoms with van der Waals surface area (Å²) >= 11 is 0. The number of benzene rings is 3. The van der Waals surface area contributed by atoms with Crippen LogP contribution >= 0.6 is 0 Å². The van der Waals surface area contributed by atoms with Crippen molar-refractivity contribution in [3.05, 3.63) is 77.9 Å². The Bertz CT molecular complexity index is 1080. The van der Waals surface area contributed by atoms with Crippen molar-refractivity contribution >= 4 is 11.6 Å². The minimum absolute atomic E-state index is 0. The summed E-state index contributed by atoms with van der Waals surface area (Å²) in [4.78, 5) is 13.0. The number of anilines is 1. The van der Waals surface area contributed by atoms with Crippen molar-refractivity contribution in [3.8, 4) is 22.6 Å². The maximum absolute atomic E-state index is 13.0. The monoisotopic (exact) mass is 391 g/mol. The van der Waals surface area contributed by atoms with Gasteiger partial charge in [-0.05, 0) is 65.4 Å². The van der Waals surface area contributed by atoms with E-state index >= 15 is 0 Å². The molecule has 2 N–H and O–H groups in total. The minimum Gasteiger partial charge on any atom is -0.454 e. The highest BCUT2D eigenvalue weighted by molar-refractivity contribution is 6.01. The van der Waals surface area contributed by atoms with Gasteiger partial charge in [0, 0.05) is 8.54 Å². The van der Waals surface area contributed by atoms with Crippen LogP contribution in [0.3, 0.4) is 0 Å². The number of aliphatic hydroxyl groups is 1. The van der Waals surface area contributed by atoms with E-state index in [1.165, 1.54) is 0 Å². The Morgan fingerprint density at radius 1 is 0.966 bits per heavy atom. The predicted octanol–water partition coefficient (Wildman–Crippen LogP) is 4.74. The number of nitrogens with one attached hydrogen (secondary N) is 1. The highest BCUT2D eigenvalue weighted by Crippen LogP contribution is 2.51. The third-order valence-corrected chi connectivity index (χ3v) is 5.70. The van der Waals surface area contributed by atoms with Gasteiger partial charge in [0.15, 0.2) is 11.5 Å². The molecule has 0 spiro atoms. The van der Waals surface area contributed by atoms with Gasteiger partial charge in [-0.15, -0.1) is 0 Å². The third kappa shape index (κ3) is 3.23. The molecule has 1 aliphatic carbocycles. The van der Waals surface area contributed by atoms with Gasteiger partial charge in [-0.25, -0.2) is 0 Å². The van der Waals surface area contributed by atoms with Crippen molar-refractivity contribution in [2.75, 3.05) is 12.1 Å². The number of ether oxygens (including phenoxy) is 2. The second-order valence-corrected chi connectivity index (χ2v) is 7.54. The molecule has 2 aliphatic rings. The van der Waals surface area contributed by atoms with Gasteiger partial charge in [0.05, 0.1) is 12.0 Å². The number of fused-ring (bicyclic) bond motifs is 1. The lowest BCUT2D eigenvalue weighted by atomic mass is 9.94. The Labute approximate surface area is 171 Å². The molecule has 1 heterocycles. The van der Waals surface area contributed by atoms with Gasteiger partial charge in [0.1, 0.15) is 0 Å². The van der Waals surface area contributed by atoms with Crippen LogP contribution in [0.25, 0.3) is 11.1 Å². The number of rotatable bonds is 5. The number of hydrogen-bond donors (Lipinski definition) is 2. The Balaban J connectivity index is 0.00000136. The fourth-order valence-electron chi connectivity index (χ4n) is 3.81. The lowest BCUT2D eigenvalue weighted by molar-refractivity contribution is -0.118. The third-order valence-electron chi connectivity index (χ3n) is 5.70. The van der Waals surface area contributed by atoms with Crippen LogP contribution in [0.5, 0.6) is 11.5 Å². The molecule has 0 aromatic heterocycles. The molecule has 3 aromatic rings.